The van der Waals surface area contributed by atoms with Crippen molar-refractivity contribution in [1.82, 2.24) is 4.98 Å². The second-order valence-corrected chi connectivity index (χ2v) is 2.97. The third kappa shape index (κ3) is 2.10. The van der Waals surface area contributed by atoms with Crippen LogP contribution in [0.1, 0.15) is 26.5 Å². The topological polar surface area (TPSA) is 85.7 Å². The highest BCUT2D eigenvalue weighted by atomic mass is 16.5. The first-order valence-electron chi connectivity index (χ1n) is 4.38. The monoisotopic (exact) mass is 225 g/mol. The number of hydrogen-bond donors (Lipinski definition) is 1. The van der Waals surface area contributed by atoms with Gasteiger partial charge in [0.15, 0.2) is 5.69 Å². The van der Waals surface area contributed by atoms with Crippen molar-refractivity contribution in [3.63, 3.8) is 0 Å². The molecule has 0 spiro atoms. The van der Waals surface area contributed by atoms with Gasteiger partial charge in [-0.3, -0.25) is 0 Å². The molecule has 0 aromatic carbocycles. The summed E-state index contributed by atoms with van der Waals surface area (Å²) in [7, 11) is 2.34. The van der Waals surface area contributed by atoms with E-state index in [9.17, 15) is 14.7 Å². The number of aryl methyl sites for hydroxylation is 1. The van der Waals surface area contributed by atoms with Crippen molar-refractivity contribution in [2.24, 2.45) is 0 Å². The summed E-state index contributed by atoms with van der Waals surface area (Å²) in [6.07, 6.45) is 0. The van der Waals surface area contributed by atoms with Gasteiger partial charge in [0.2, 0.25) is 0 Å². The van der Waals surface area contributed by atoms with Crippen LogP contribution in [-0.4, -0.2) is 36.2 Å². The Morgan fingerprint density at radius 3 is 2.31 bits per heavy atom. The molecule has 0 aliphatic carbocycles. The van der Waals surface area contributed by atoms with E-state index in [-0.39, 0.29) is 22.7 Å². The third-order valence-electron chi connectivity index (χ3n) is 1.97. The number of ether oxygens (including phenoxy) is 2. The van der Waals surface area contributed by atoms with Gasteiger partial charge in [0, 0.05) is 0 Å². The highest BCUT2D eigenvalue weighted by Crippen LogP contribution is 2.19. The lowest BCUT2D eigenvalue weighted by Crippen LogP contribution is -2.14. The molecule has 0 atom stereocenters. The number of hydrogen-bond acceptors (Lipinski definition) is 6. The van der Waals surface area contributed by atoms with E-state index >= 15 is 0 Å². The van der Waals surface area contributed by atoms with Crippen LogP contribution in [0, 0.1) is 6.92 Å². The Bertz CT molecular complexity index is 400. The fourth-order valence-corrected chi connectivity index (χ4v) is 1.11. The molecule has 0 aliphatic rings. The van der Waals surface area contributed by atoms with E-state index < -0.39 is 11.9 Å². The summed E-state index contributed by atoms with van der Waals surface area (Å²) >= 11 is 0. The molecule has 0 amide bonds. The largest absolute Gasteiger partial charge is 0.506 e. The molecule has 0 radical (unpaired) electrons. The van der Waals surface area contributed by atoms with E-state index in [1.54, 1.807) is 0 Å². The van der Waals surface area contributed by atoms with Crippen molar-refractivity contribution in [1.29, 1.82) is 0 Å². The Balaban J connectivity index is 3.38. The molecule has 1 heterocycles. The zero-order valence-corrected chi connectivity index (χ0v) is 9.10. The summed E-state index contributed by atoms with van der Waals surface area (Å²) < 4.78 is 8.94. The van der Waals surface area contributed by atoms with Gasteiger partial charge in [-0.1, -0.05) is 0 Å². The molecule has 1 aromatic rings. The van der Waals surface area contributed by atoms with Gasteiger partial charge >= 0.3 is 11.9 Å². The first kappa shape index (κ1) is 12.0. The number of nitrogens with zero attached hydrogens (tertiary/aromatic N) is 1. The number of esters is 2. The average Bonchev–Trinajstić information content (AvgIpc) is 2.30. The van der Waals surface area contributed by atoms with Gasteiger partial charge in [0.25, 0.3) is 0 Å². The summed E-state index contributed by atoms with van der Waals surface area (Å²) in [6.45, 7) is 1.50. The van der Waals surface area contributed by atoms with Crippen molar-refractivity contribution in [2.45, 2.75) is 6.92 Å². The van der Waals surface area contributed by atoms with E-state index in [0.29, 0.717) is 0 Å². The lowest BCUT2D eigenvalue weighted by atomic mass is 10.1. The van der Waals surface area contributed by atoms with E-state index in [1.165, 1.54) is 21.1 Å². The van der Waals surface area contributed by atoms with Gasteiger partial charge in [-0.15, -0.1) is 0 Å². The summed E-state index contributed by atoms with van der Waals surface area (Å²) in [4.78, 5) is 26.5. The minimum atomic E-state index is -0.761. The number of carbonyl (C=O) groups is 2. The van der Waals surface area contributed by atoms with Crippen molar-refractivity contribution in [3.05, 3.63) is 23.0 Å². The Labute approximate surface area is 91.8 Å². The maximum atomic E-state index is 11.3. The first-order chi connectivity index (χ1) is 7.51. The molecular weight excluding hydrogens is 214 g/mol. The summed E-state index contributed by atoms with van der Waals surface area (Å²) in [6, 6.07) is 1.13. The molecule has 0 unspecified atom stereocenters. The predicted molar refractivity (Wildman–Crippen MR) is 53.3 cm³/mol. The van der Waals surface area contributed by atoms with E-state index in [1.807, 2.05) is 0 Å². The minimum absolute atomic E-state index is 0.127. The van der Waals surface area contributed by atoms with E-state index in [2.05, 4.69) is 14.5 Å². The first-order valence-corrected chi connectivity index (χ1v) is 4.38. The quantitative estimate of drug-likeness (QED) is 0.744. The van der Waals surface area contributed by atoms with Crippen LogP contribution in [0.5, 0.6) is 5.75 Å². The number of carbonyl (C=O) groups excluding carboxylic acids is 2. The highest BCUT2D eigenvalue weighted by Gasteiger charge is 2.22. The van der Waals surface area contributed by atoms with Crippen molar-refractivity contribution >= 4 is 11.9 Å². The lowest BCUT2D eigenvalue weighted by molar-refractivity contribution is 0.0549. The molecule has 0 saturated heterocycles. The molecule has 1 N–H and O–H groups in total. The van der Waals surface area contributed by atoms with Gasteiger partial charge in [0.1, 0.15) is 5.75 Å². The van der Waals surface area contributed by atoms with Gasteiger partial charge < -0.3 is 14.6 Å². The summed E-state index contributed by atoms with van der Waals surface area (Å²) in [5, 5.41) is 9.40. The maximum absolute atomic E-state index is 11.3. The zero-order valence-electron chi connectivity index (χ0n) is 9.10. The predicted octanol–water partition coefficient (Wildman–Crippen LogP) is 0.669. The van der Waals surface area contributed by atoms with Crippen molar-refractivity contribution in [3.8, 4) is 5.75 Å². The maximum Gasteiger partial charge on any atom is 0.357 e. The number of pyridine rings is 1. The van der Waals surface area contributed by atoms with E-state index in [4.69, 9.17) is 0 Å². The normalized spacial score (nSPS) is 9.69. The molecule has 0 saturated carbocycles. The van der Waals surface area contributed by atoms with Crippen LogP contribution in [0.25, 0.3) is 0 Å². The molecule has 6 heteroatoms. The number of aromatic hydroxyl groups is 1. The number of rotatable bonds is 2. The molecule has 16 heavy (non-hydrogen) atoms. The van der Waals surface area contributed by atoms with E-state index in [0.717, 1.165) is 6.07 Å². The molecule has 86 valence electrons. The van der Waals surface area contributed by atoms with Crippen LogP contribution in [-0.2, 0) is 9.47 Å². The molecule has 1 rings (SSSR count). The summed E-state index contributed by atoms with van der Waals surface area (Å²) in [5.74, 6) is -1.71. The van der Waals surface area contributed by atoms with Crippen LogP contribution in [0.4, 0.5) is 0 Å². The lowest BCUT2D eigenvalue weighted by Gasteiger charge is -2.07. The molecule has 0 aliphatic heterocycles. The van der Waals surface area contributed by atoms with Crippen LogP contribution < -0.4 is 0 Å². The van der Waals surface area contributed by atoms with Gasteiger partial charge in [-0.25, -0.2) is 14.6 Å². The van der Waals surface area contributed by atoms with Crippen LogP contribution in [0.2, 0.25) is 0 Å². The van der Waals surface area contributed by atoms with Crippen LogP contribution >= 0.6 is 0 Å². The van der Waals surface area contributed by atoms with Gasteiger partial charge in [-0.05, 0) is 13.0 Å². The standard InChI is InChI=1S/C10H11NO5/c1-5-7(12)4-6(9(13)15-2)8(11-5)10(14)16-3/h4,12H,1-3H3. The highest BCUT2D eigenvalue weighted by molar-refractivity contribution is 6.02. The number of aromatic nitrogens is 1. The Kier molecular flexibility index (Phi) is 3.44. The molecule has 6 nitrogen and oxygen atoms in total. The third-order valence-corrected chi connectivity index (χ3v) is 1.97. The van der Waals surface area contributed by atoms with Crippen LogP contribution in [0.15, 0.2) is 6.07 Å². The Morgan fingerprint density at radius 2 is 1.81 bits per heavy atom. The average molecular weight is 225 g/mol. The Hall–Kier alpha value is -2.11. The smallest absolute Gasteiger partial charge is 0.357 e. The summed E-state index contributed by atoms with van der Waals surface area (Å²) in [5.41, 5.74) is -0.0739. The SMILES string of the molecule is COC(=O)c1cc(O)c(C)nc1C(=O)OC. The fraction of sp³-hybridized carbons (Fsp3) is 0.300. The molecule has 0 bridgehead atoms. The molecule has 0 fully saturated rings. The molecule has 1 aromatic heterocycles. The second-order valence-electron chi connectivity index (χ2n) is 2.97. The fourth-order valence-electron chi connectivity index (χ4n) is 1.11. The van der Waals surface area contributed by atoms with Crippen molar-refractivity contribution in [2.75, 3.05) is 14.2 Å². The zero-order chi connectivity index (χ0) is 12.3. The van der Waals surface area contributed by atoms with Crippen LogP contribution in [0.3, 0.4) is 0 Å². The Morgan fingerprint density at radius 1 is 1.25 bits per heavy atom. The second kappa shape index (κ2) is 4.61. The van der Waals surface area contributed by atoms with Gasteiger partial charge in [-0.2, -0.15) is 0 Å². The van der Waals surface area contributed by atoms with Gasteiger partial charge in [0.05, 0.1) is 25.5 Å². The number of methoxy groups -OCH3 is 2. The van der Waals surface area contributed by atoms with Crippen molar-refractivity contribution < 1.29 is 24.2 Å². The minimum Gasteiger partial charge on any atom is -0.506 e. The molecular formula is C10H11NO5.